The Kier molecular flexibility index (Phi) is 7.14. The van der Waals surface area contributed by atoms with E-state index < -0.39 is 11.6 Å². The van der Waals surface area contributed by atoms with E-state index >= 15 is 0 Å². The van der Waals surface area contributed by atoms with Crippen LogP contribution in [0.15, 0.2) is 60.7 Å². The maximum atomic E-state index is 13.0. The molecule has 6 heteroatoms. The summed E-state index contributed by atoms with van der Waals surface area (Å²) >= 11 is 0. The molecule has 0 radical (unpaired) electrons. The highest BCUT2D eigenvalue weighted by atomic mass is 16.5. The fourth-order valence-electron chi connectivity index (χ4n) is 3.07. The van der Waals surface area contributed by atoms with Crippen LogP contribution in [0.5, 0.6) is 23.0 Å². The Balaban J connectivity index is 1.93. The Hall–Kier alpha value is -4.24. The van der Waals surface area contributed by atoms with Gasteiger partial charge in [-0.2, -0.15) is 0 Å². The highest BCUT2D eigenvalue weighted by molar-refractivity contribution is 6.49. The van der Waals surface area contributed by atoms with Crippen LogP contribution in [0.2, 0.25) is 0 Å². The first-order valence-corrected chi connectivity index (χ1v) is 9.66. The van der Waals surface area contributed by atoms with E-state index in [1.165, 1.54) is 26.4 Å². The van der Waals surface area contributed by atoms with Crippen LogP contribution in [0.25, 0.3) is 0 Å². The summed E-state index contributed by atoms with van der Waals surface area (Å²) in [6, 6.07) is 16.6. The van der Waals surface area contributed by atoms with Crippen LogP contribution < -0.4 is 18.9 Å². The van der Waals surface area contributed by atoms with Gasteiger partial charge < -0.3 is 18.9 Å². The lowest BCUT2D eigenvalue weighted by Gasteiger charge is -2.09. The van der Waals surface area contributed by atoms with Gasteiger partial charge in [0, 0.05) is 22.3 Å². The minimum atomic E-state index is -0.661. The van der Waals surface area contributed by atoms with Crippen molar-refractivity contribution in [2.75, 3.05) is 28.4 Å². The van der Waals surface area contributed by atoms with E-state index in [9.17, 15) is 9.59 Å². The van der Waals surface area contributed by atoms with E-state index in [-0.39, 0.29) is 11.1 Å². The summed E-state index contributed by atoms with van der Waals surface area (Å²) in [5.41, 5.74) is 1.55. The lowest BCUT2D eigenvalue weighted by Crippen LogP contribution is -2.16. The zero-order valence-corrected chi connectivity index (χ0v) is 18.2. The van der Waals surface area contributed by atoms with Crippen LogP contribution in [0, 0.1) is 11.8 Å². The summed E-state index contributed by atoms with van der Waals surface area (Å²) in [4.78, 5) is 25.9. The second-order valence-electron chi connectivity index (χ2n) is 6.59. The second-order valence-corrected chi connectivity index (χ2v) is 6.59. The van der Waals surface area contributed by atoms with Crippen molar-refractivity contribution in [2.24, 2.45) is 0 Å². The number of hydrogen-bond acceptors (Lipinski definition) is 6. The average Bonchev–Trinajstić information content (AvgIpc) is 2.85. The standard InChI is InChI=1S/C26H22O6/c1-29-21-13-10-17(15-23(21)31-3)9-11-18-7-5-6-8-20(18)26(28)25(27)19-12-14-22(30-2)24(16-19)32-4/h5-8,10,12-16H,1-4H3. The number of Topliss-reactive ketones (excluding diaryl/α,β-unsaturated/α-hetero) is 2. The van der Waals surface area contributed by atoms with Crippen LogP contribution in [0.4, 0.5) is 0 Å². The molecular weight excluding hydrogens is 408 g/mol. The van der Waals surface area contributed by atoms with E-state index in [0.717, 1.165) is 0 Å². The number of carbonyl (C=O) groups excluding carboxylic acids is 2. The third-order valence-corrected chi connectivity index (χ3v) is 4.75. The Labute approximate surface area is 186 Å². The molecule has 3 aromatic carbocycles. The van der Waals surface area contributed by atoms with Gasteiger partial charge in [0.1, 0.15) is 0 Å². The molecule has 162 valence electrons. The molecule has 0 aromatic heterocycles. The van der Waals surface area contributed by atoms with Crippen molar-refractivity contribution in [3.8, 4) is 34.8 Å². The molecule has 0 bridgehead atoms. The Morgan fingerprint density at radius 1 is 0.625 bits per heavy atom. The van der Waals surface area contributed by atoms with Crippen molar-refractivity contribution < 1.29 is 28.5 Å². The number of ketones is 2. The minimum absolute atomic E-state index is 0.204. The maximum Gasteiger partial charge on any atom is 0.234 e. The average molecular weight is 430 g/mol. The molecular formula is C26H22O6. The van der Waals surface area contributed by atoms with Crippen molar-refractivity contribution in [3.05, 3.63) is 82.9 Å². The molecule has 32 heavy (non-hydrogen) atoms. The van der Waals surface area contributed by atoms with Gasteiger partial charge in [0.2, 0.25) is 11.6 Å². The summed E-state index contributed by atoms with van der Waals surface area (Å²) in [6.07, 6.45) is 0. The molecule has 3 aromatic rings. The Morgan fingerprint density at radius 2 is 1.22 bits per heavy atom. The van der Waals surface area contributed by atoms with Gasteiger partial charge >= 0.3 is 0 Å². The molecule has 0 unspecified atom stereocenters. The van der Waals surface area contributed by atoms with Gasteiger partial charge in [0.05, 0.1) is 28.4 Å². The SMILES string of the molecule is COc1ccc(C#Cc2ccccc2C(=O)C(=O)c2ccc(OC)c(OC)c2)cc1OC. The highest BCUT2D eigenvalue weighted by Gasteiger charge is 2.22. The summed E-state index contributed by atoms with van der Waals surface area (Å²) in [7, 11) is 6.06. The van der Waals surface area contributed by atoms with E-state index in [1.807, 2.05) is 0 Å². The molecule has 0 N–H and O–H groups in total. The minimum Gasteiger partial charge on any atom is -0.493 e. The number of benzene rings is 3. The molecule has 0 saturated carbocycles. The summed E-state index contributed by atoms with van der Waals surface area (Å²) < 4.78 is 20.9. The predicted octanol–water partition coefficient (Wildman–Crippen LogP) is 4.19. The number of methoxy groups -OCH3 is 4. The second kappa shape index (κ2) is 10.2. The lowest BCUT2D eigenvalue weighted by atomic mass is 9.97. The largest absolute Gasteiger partial charge is 0.493 e. The Morgan fingerprint density at radius 3 is 1.88 bits per heavy atom. The van der Waals surface area contributed by atoms with Crippen molar-refractivity contribution in [1.29, 1.82) is 0 Å². The Bertz CT molecular complexity index is 1220. The van der Waals surface area contributed by atoms with Crippen molar-refractivity contribution in [3.63, 3.8) is 0 Å². The van der Waals surface area contributed by atoms with Crippen LogP contribution in [0.3, 0.4) is 0 Å². The van der Waals surface area contributed by atoms with Crippen molar-refractivity contribution in [2.45, 2.75) is 0 Å². The smallest absolute Gasteiger partial charge is 0.234 e. The van der Waals surface area contributed by atoms with Crippen molar-refractivity contribution in [1.82, 2.24) is 0 Å². The summed E-state index contributed by atoms with van der Waals surface area (Å²) in [5, 5.41) is 0. The van der Waals surface area contributed by atoms with Gasteiger partial charge in [-0.3, -0.25) is 9.59 Å². The van der Waals surface area contributed by atoms with Gasteiger partial charge in [-0.25, -0.2) is 0 Å². The zero-order chi connectivity index (χ0) is 23.1. The first-order chi connectivity index (χ1) is 15.5. The normalized spacial score (nSPS) is 9.88. The molecule has 0 aliphatic heterocycles. The van der Waals surface area contributed by atoms with Gasteiger partial charge in [-0.05, 0) is 48.5 Å². The third-order valence-electron chi connectivity index (χ3n) is 4.75. The van der Waals surface area contributed by atoms with Crippen LogP contribution in [-0.2, 0) is 0 Å². The maximum absolute atomic E-state index is 13.0. The van der Waals surface area contributed by atoms with E-state index in [4.69, 9.17) is 18.9 Å². The monoisotopic (exact) mass is 430 g/mol. The van der Waals surface area contributed by atoms with Gasteiger partial charge in [0.15, 0.2) is 23.0 Å². The predicted molar refractivity (Wildman–Crippen MR) is 120 cm³/mol. The van der Waals surface area contributed by atoms with Gasteiger partial charge in [-0.15, -0.1) is 0 Å². The van der Waals surface area contributed by atoms with E-state index in [1.54, 1.807) is 62.8 Å². The number of rotatable bonds is 7. The van der Waals surface area contributed by atoms with E-state index in [0.29, 0.717) is 34.1 Å². The quantitative estimate of drug-likeness (QED) is 0.318. The highest BCUT2D eigenvalue weighted by Crippen LogP contribution is 2.29. The molecule has 6 nitrogen and oxygen atoms in total. The zero-order valence-electron chi connectivity index (χ0n) is 18.2. The number of hydrogen-bond donors (Lipinski definition) is 0. The first kappa shape index (κ1) is 22.4. The summed E-state index contributed by atoms with van der Waals surface area (Å²) in [5.74, 6) is 6.65. The number of ether oxygens (including phenoxy) is 4. The van der Waals surface area contributed by atoms with Crippen LogP contribution in [-0.4, -0.2) is 40.0 Å². The molecule has 0 spiro atoms. The fraction of sp³-hybridized carbons (Fsp3) is 0.154. The lowest BCUT2D eigenvalue weighted by molar-refractivity contribution is 0.0816. The molecule has 0 aliphatic carbocycles. The van der Waals surface area contributed by atoms with Crippen LogP contribution >= 0.6 is 0 Å². The van der Waals surface area contributed by atoms with Gasteiger partial charge in [0.25, 0.3) is 0 Å². The van der Waals surface area contributed by atoms with Gasteiger partial charge in [-0.1, -0.05) is 24.0 Å². The number of carbonyl (C=O) groups is 2. The topological polar surface area (TPSA) is 71.1 Å². The van der Waals surface area contributed by atoms with Crippen molar-refractivity contribution >= 4 is 11.6 Å². The van der Waals surface area contributed by atoms with E-state index in [2.05, 4.69) is 11.8 Å². The fourth-order valence-corrected chi connectivity index (χ4v) is 3.07. The molecule has 0 amide bonds. The molecule has 0 atom stereocenters. The van der Waals surface area contributed by atoms with Crippen LogP contribution in [0.1, 0.15) is 31.8 Å². The summed E-state index contributed by atoms with van der Waals surface area (Å²) in [6.45, 7) is 0. The molecule has 0 heterocycles. The first-order valence-electron chi connectivity index (χ1n) is 9.66. The third kappa shape index (κ3) is 4.73. The molecule has 0 aliphatic rings. The molecule has 0 saturated heterocycles. The molecule has 3 rings (SSSR count). The molecule has 0 fully saturated rings.